The predicted molar refractivity (Wildman–Crippen MR) is 123 cm³/mol. The molecule has 1 aliphatic rings. The molecule has 1 rings (SSSR count). The van der Waals surface area contributed by atoms with Crippen LogP contribution in [-0.4, -0.2) is 67.2 Å². The van der Waals surface area contributed by atoms with E-state index in [-0.39, 0.29) is 35.9 Å². The van der Waals surface area contributed by atoms with Crippen LogP contribution < -0.4 is 16.0 Å². The van der Waals surface area contributed by atoms with E-state index in [4.69, 9.17) is 4.74 Å². The lowest BCUT2D eigenvalue weighted by molar-refractivity contribution is -0.128. The Kier molecular flexibility index (Phi) is 11.1. The first-order valence-electron chi connectivity index (χ1n) is 9.79. The van der Waals surface area contributed by atoms with Gasteiger partial charge in [0, 0.05) is 26.2 Å². The van der Waals surface area contributed by atoms with E-state index in [0.29, 0.717) is 19.6 Å². The molecule has 1 saturated heterocycles. The van der Waals surface area contributed by atoms with Crippen LogP contribution in [-0.2, 0) is 9.53 Å². The second-order valence-corrected chi connectivity index (χ2v) is 8.49. The van der Waals surface area contributed by atoms with Gasteiger partial charge < -0.3 is 25.6 Å². The van der Waals surface area contributed by atoms with E-state index in [1.807, 2.05) is 48.5 Å². The standard InChI is InChI=1S/C19H37N5O3.HI/c1-8-20-15(25)19(6,7)13-22-16(21-9-2)24-11-10-14(12-24)23-17(26)27-18(3,4)5;/h14H,8-13H2,1-7H3,(H,20,25)(H,21,22)(H,23,26);1H. The van der Waals surface area contributed by atoms with E-state index >= 15 is 0 Å². The first-order valence-corrected chi connectivity index (χ1v) is 9.79. The number of carbonyl (C=O) groups is 2. The van der Waals surface area contributed by atoms with Crippen molar-refractivity contribution in [2.24, 2.45) is 10.4 Å². The molecule has 9 heteroatoms. The fourth-order valence-corrected chi connectivity index (χ4v) is 2.71. The number of alkyl carbamates (subject to hydrolysis) is 1. The number of nitrogens with one attached hydrogen (secondary N) is 3. The predicted octanol–water partition coefficient (Wildman–Crippen LogP) is 2.33. The molecule has 1 heterocycles. The molecule has 8 nitrogen and oxygen atoms in total. The van der Waals surface area contributed by atoms with Crippen molar-refractivity contribution in [1.82, 2.24) is 20.9 Å². The highest BCUT2D eigenvalue weighted by atomic mass is 127. The van der Waals surface area contributed by atoms with Gasteiger partial charge in [-0.15, -0.1) is 24.0 Å². The van der Waals surface area contributed by atoms with Gasteiger partial charge in [0.1, 0.15) is 5.60 Å². The van der Waals surface area contributed by atoms with Gasteiger partial charge in [-0.25, -0.2) is 4.79 Å². The molecule has 3 N–H and O–H groups in total. The molecule has 0 aromatic rings. The lowest BCUT2D eigenvalue weighted by Gasteiger charge is -2.25. The Bertz CT molecular complexity index is 546. The first kappa shape index (κ1) is 26.7. The Hall–Kier alpha value is -1.26. The van der Waals surface area contributed by atoms with Crippen LogP contribution in [0.15, 0.2) is 4.99 Å². The number of amides is 2. The molecule has 1 fully saturated rings. The van der Waals surface area contributed by atoms with E-state index < -0.39 is 17.1 Å². The normalized spacial score (nSPS) is 17.6. The Morgan fingerprint density at radius 2 is 1.71 bits per heavy atom. The zero-order valence-corrected chi connectivity index (χ0v) is 20.7. The molecule has 1 aliphatic heterocycles. The van der Waals surface area contributed by atoms with Crippen molar-refractivity contribution in [3.05, 3.63) is 0 Å². The van der Waals surface area contributed by atoms with Crippen molar-refractivity contribution in [1.29, 1.82) is 0 Å². The van der Waals surface area contributed by atoms with Gasteiger partial charge in [-0.05, 0) is 54.9 Å². The minimum Gasteiger partial charge on any atom is -0.444 e. The van der Waals surface area contributed by atoms with E-state index in [9.17, 15) is 9.59 Å². The molecule has 0 bridgehead atoms. The van der Waals surface area contributed by atoms with Crippen LogP contribution in [0, 0.1) is 5.41 Å². The van der Waals surface area contributed by atoms with Gasteiger partial charge >= 0.3 is 6.09 Å². The summed E-state index contributed by atoms with van der Waals surface area (Å²) < 4.78 is 5.33. The lowest BCUT2D eigenvalue weighted by Crippen LogP contribution is -2.45. The lowest BCUT2D eigenvalue weighted by atomic mass is 9.92. The summed E-state index contributed by atoms with van der Waals surface area (Å²) in [5.74, 6) is 0.763. The average molecular weight is 511 g/mol. The summed E-state index contributed by atoms with van der Waals surface area (Å²) in [5, 5.41) is 9.06. The molecular weight excluding hydrogens is 473 g/mol. The van der Waals surface area contributed by atoms with Crippen LogP contribution in [0.4, 0.5) is 4.79 Å². The van der Waals surface area contributed by atoms with Crippen LogP contribution in [0.25, 0.3) is 0 Å². The summed E-state index contributed by atoms with van der Waals surface area (Å²) in [6.07, 6.45) is 0.428. The summed E-state index contributed by atoms with van der Waals surface area (Å²) in [5.41, 5.74) is -1.09. The number of nitrogens with zero attached hydrogens (tertiary/aromatic N) is 2. The van der Waals surface area contributed by atoms with E-state index in [1.54, 1.807) is 0 Å². The second-order valence-electron chi connectivity index (χ2n) is 8.49. The van der Waals surface area contributed by atoms with Crippen molar-refractivity contribution >= 4 is 41.9 Å². The molecule has 0 radical (unpaired) electrons. The maximum atomic E-state index is 12.2. The summed E-state index contributed by atoms with van der Waals surface area (Å²) in [6.45, 7) is 16.4. The number of aliphatic imine (C=N–C) groups is 1. The van der Waals surface area contributed by atoms with Crippen LogP contribution in [0.2, 0.25) is 0 Å². The highest BCUT2D eigenvalue weighted by molar-refractivity contribution is 14.0. The third kappa shape index (κ3) is 9.29. The van der Waals surface area contributed by atoms with Crippen molar-refractivity contribution in [2.75, 3.05) is 32.7 Å². The highest BCUT2D eigenvalue weighted by Crippen LogP contribution is 2.17. The van der Waals surface area contributed by atoms with Gasteiger partial charge in [-0.1, -0.05) is 0 Å². The van der Waals surface area contributed by atoms with E-state index in [1.165, 1.54) is 0 Å². The number of hydrogen-bond donors (Lipinski definition) is 3. The zero-order chi connectivity index (χ0) is 20.7. The zero-order valence-electron chi connectivity index (χ0n) is 18.3. The number of carbonyl (C=O) groups excluding carboxylic acids is 2. The van der Waals surface area contributed by atoms with E-state index in [2.05, 4.69) is 25.8 Å². The average Bonchev–Trinajstić information content (AvgIpc) is 2.97. The quantitative estimate of drug-likeness (QED) is 0.289. The highest BCUT2D eigenvalue weighted by Gasteiger charge is 2.30. The molecule has 0 aliphatic carbocycles. The van der Waals surface area contributed by atoms with E-state index in [0.717, 1.165) is 25.5 Å². The van der Waals surface area contributed by atoms with Gasteiger partial charge in [-0.3, -0.25) is 9.79 Å². The first-order chi connectivity index (χ1) is 12.5. The molecular formula is C19H38IN5O3. The van der Waals surface area contributed by atoms with Crippen LogP contribution in [0.3, 0.4) is 0 Å². The number of rotatable bonds is 6. The van der Waals surface area contributed by atoms with Crippen LogP contribution >= 0.6 is 24.0 Å². The Morgan fingerprint density at radius 1 is 1.11 bits per heavy atom. The molecule has 0 aromatic heterocycles. The Labute approximate surface area is 186 Å². The molecule has 1 atom stereocenters. The molecule has 1 unspecified atom stereocenters. The Morgan fingerprint density at radius 3 is 2.25 bits per heavy atom. The largest absolute Gasteiger partial charge is 0.444 e. The molecule has 2 amide bonds. The molecule has 0 spiro atoms. The molecule has 0 saturated carbocycles. The smallest absolute Gasteiger partial charge is 0.407 e. The summed E-state index contributed by atoms with van der Waals surface area (Å²) in [4.78, 5) is 30.9. The monoisotopic (exact) mass is 511 g/mol. The van der Waals surface area contributed by atoms with Gasteiger partial charge in [0.15, 0.2) is 5.96 Å². The number of halogens is 1. The topological polar surface area (TPSA) is 95.1 Å². The Balaban J connectivity index is 0.00000729. The molecule has 164 valence electrons. The minimum atomic E-state index is -0.579. The SMILES string of the molecule is CCNC(=O)C(C)(C)CN=C(NCC)N1CCC(NC(=O)OC(C)(C)C)C1.I. The van der Waals surface area contributed by atoms with Crippen LogP contribution in [0.5, 0.6) is 0 Å². The second kappa shape index (κ2) is 11.7. The summed E-state index contributed by atoms with van der Waals surface area (Å²) >= 11 is 0. The summed E-state index contributed by atoms with van der Waals surface area (Å²) in [6, 6.07) is 0.0140. The molecule has 0 aromatic carbocycles. The van der Waals surface area contributed by atoms with Crippen LogP contribution in [0.1, 0.15) is 54.9 Å². The van der Waals surface area contributed by atoms with Crippen molar-refractivity contribution in [3.8, 4) is 0 Å². The van der Waals surface area contributed by atoms with Gasteiger partial charge in [0.2, 0.25) is 5.91 Å². The number of ether oxygens (including phenoxy) is 1. The van der Waals surface area contributed by atoms with Crippen molar-refractivity contribution < 1.29 is 14.3 Å². The van der Waals surface area contributed by atoms with Gasteiger partial charge in [-0.2, -0.15) is 0 Å². The van der Waals surface area contributed by atoms with Crippen molar-refractivity contribution in [3.63, 3.8) is 0 Å². The summed E-state index contributed by atoms with van der Waals surface area (Å²) in [7, 11) is 0. The number of hydrogen-bond acceptors (Lipinski definition) is 4. The van der Waals surface area contributed by atoms with Crippen molar-refractivity contribution in [2.45, 2.75) is 66.5 Å². The van der Waals surface area contributed by atoms with Gasteiger partial charge in [0.05, 0.1) is 18.0 Å². The minimum absolute atomic E-state index is 0. The maximum Gasteiger partial charge on any atom is 0.407 e. The number of likely N-dealkylation sites (tertiary alicyclic amines) is 1. The van der Waals surface area contributed by atoms with Gasteiger partial charge in [0.25, 0.3) is 0 Å². The fraction of sp³-hybridized carbons (Fsp3) is 0.842. The molecule has 28 heavy (non-hydrogen) atoms. The third-order valence-electron chi connectivity index (χ3n) is 4.12. The number of guanidine groups is 1. The maximum absolute atomic E-state index is 12.2. The third-order valence-corrected chi connectivity index (χ3v) is 4.12. The fourth-order valence-electron chi connectivity index (χ4n) is 2.71.